The second-order valence-corrected chi connectivity index (χ2v) is 8.97. The maximum Gasteiger partial charge on any atom is 0.257 e. The normalized spacial score (nSPS) is 12.3. The van der Waals surface area contributed by atoms with E-state index in [-0.39, 0.29) is 5.92 Å². The van der Waals surface area contributed by atoms with Crippen molar-refractivity contribution in [3.63, 3.8) is 0 Å². The van der Waals surface area contributed by atoms with Crippen LogP contribution in [0.5, 0.6) is 11.5 Å². The molecule has 176 valence electrons. The molecule has 0 fully saturated rings. The highest BCUT2D eigenvalue weighted by atomic mass is 16.7. The predicted octanol–water partition coefficient (Wildman–Crippen LogP) is 8.86. The first-order valence-electron chi connectivity index (χ1n) is 12.8. The molecule has 2 nitrogen and oxygen atoms in total. The summed E-state index contributed by atoms with van der Waals surface area (Å²) in [5, 5.41) is 0. The Morgan fingerprint density at radius 3 is 1.61 bits per heavy atom. The Labute approximate surface area is 201 Å². The summed E-state index contributed by atoms with van der Waals surface area (Å²) in [5.41, 5.74) is 1.23. The number of hydrogen-bond donors (Lipinski definition) is 0. The van der Waals surface area contributed by atoms with Crippen LogP contribution >= 0.6 is 0 Å². The lowest BCUT2D eigenvalue weighted by molar-refractivity contribution is -0.159. The third-order valence-corrected chi connectivity index (χ3v) is 6.38. The lowest BCUT2D eigenvalue weighted by Gasteiger charge is -2.41. The number of rotatable bonds is 15. The van der Waals surface area contributed by atoms with Gasteiger partial charge in [-0.2, -0.15) is 0 Å². The minimum absolute atomic E-state index is 0.268. The molecule has 1 unspecified atom stereocenters. The predicted molar refractivity (Wildman–Crippen MR) is 139 cm³/mol. The maximum atomic E-state index is 6.84. The van der Waals surface area contributed by atoms with E-state index >= 15 is 0 Å². The third-order valence-electron chi connectivity index (χ3n) is 6.38. The summed E-state index contributed by atoms with van der Waals surface area (Å²) in [6.45, 7) is 4.54. The molecule has 3 aromatic carbocycles. The summed E-state index contributed by atoms with van der Waals surface area (Å²) < 4.78 is 13.7. The van der Waals surface area contributed by atoms with E-state index in [1.54, 1.807) is 0 Å². The van der Waals surface area contributed by atoms with Crippen molar-refractivity contribution in [1.82, 2.24) is 0 Å². The molecule has 0 amide bonds. The average Bonchev–Trinajstić information content (AvgIpc) is 2.85. The van der Waals surface area contributed by atoms with E-state index in [1.165, 1.54) is 44.1 Å². The topological polar surface area (TPSA) is 18.5 Å². The Morgan fingerprint density at radius 2 is 1.09 bits per heavy atom. The average molecular weight is 445 g/mol. The van der Waals surface area contributed by atoms with Crippen molar-refractivity contribution < 1.29 is 9.47 Å². The van der Waals surface area contributed by atoms with Crippen LogP contribution in [0, 0.1) is 5.92 Å². The SMILES string of the molecule is CCCCCCCCC(CC)C(Cc1ccccc1)(Oc1ccccc1)Oc1ccccc1. The van der Waals surface area contributed by atoms with Crippen LogP contribution in [0.15, 0.2) is 91.0 Å². The maximum absolute atomic E-state index is 6.84. The Kier molecular flexibility index (Phi) is 10.4. The van der Waals surface area contributed by atoms with Gasteiger partial charge in [0.25, 0.3) is 5.79 Å². The number of unbranched alkanes of at least 4 members (excludes halogenated alkanes) is 5. The van der Waals surface area contributed by atoms with E-state index in [1.807, 2.05) is 60.7 Å². The van der Waals surface area contributed by atoms with Crippen LogP contribution in [0.3, 0.4) is 0 Å². The minimum Gasteiger partial charge on any atom is -0.452 e. The van der Waals surface area contributed by atoms with Crippen LogP contribution < -0.4 is 9.47 Å². The molecule has 2 heteroatoms. The van der Waals surface area contributed by atoms with Crippen LogP contribution in [0.25, 0.3) is 0 Å². The van der Waals surface area contributed by atoms with Gasteiger partial charge in [0.15, 0.2) is 0 Å². The summed E-state index contributed by atoms with van der Waals surface area (Å²) in [7, 11) is 0. The van der Waals surface area contributed by atoms with E-state index < -0.39 is 5.79 Å². The minimum atomic E-state index is -0.776. The molecule has 0 heterocycles. The first kappa shape index (κ1) is 24.9. The van der Waals surface area contributed by atoms with Gasteiger partial charge in [0.05, 0.1) is 6.42 Å². The van der Waals surface area contributed by atoms with Crippen LogP contribution in [-0.4, -0.2) is 5.79 Å². The number of para-hydroxylation sites is 2. The van der Waals surface area contributed by atoms with E-state index in [4.69, 9.17) is 9.47 Å². The molecule has 0 N–H and O–H groups in total. The fourth-order valence-electron chi connectivity index (χ4n) is 4.57. The van der Waals surface area contributed by atoms with Gasteiger partial charge in [-0.3, -0.25) is 0 Å². The summed E-state index contributed by atoms with van der Waals surface area (Å²) in [5.74, 6) is 1.20. The van der Waals surface area contributed by atoms with Gasteiger partial charge in [-0.05, 0) is 42.7 Å². The Balaban J connectivity index is 1.90. The highest BCUT2D eigenvalue weighted by molar-refractivity contribution is 5.26. The van der Waals surface area contributed by atoms with Gasteiger partial charge in [-0.25, -0.2) is 0 Å². The van der Waals surface area contributed by atoms with Crippen molar-refractivity contribution in [2.75, 3.05) is 0 Å². The molecule has 0 saturated heterocycles. The molecule has 1 atom stereocenters. The Bertz CT molecular complexity index is 775. The molecule has 3 rings (SSSR count). The van der Waals surface area contributed by atoms with Gasteiger partial charge >= 0.3 is 0 Å². The van der Waals surface area contributed by atoms with E-state index in [0.29, 0.717) is 6.42 Å². The van der Waals surface area contributed by atoms with Gasteiger partial charge in [0.1, 0.15) is 11.5 Å². The fraction of sp³-hybridized carbons (Fsp3) is 0.419. The molecule has 0 aliphatic rings. The Morgan fingerprint density at radius 1 is 0.606 bits per heavy atom. The number of hydrogen-bond acceptors (Lipinski definition) is 2. The monoisotopic (exact) mass is 444 g/mol. The molecule has 0 aliphatic carbocycles. The molecule has 0 bridgehead atoms. The van der Waals surface area contributed by atoms with Gasteiger partial charge in [0, 0.05) is 5.92 Å². The lowest BCUT2D eigenvalue weighted by atomic mass is 9.85. The van der Waals surface area contributed by atoms with Crippen LogP contribution in [0.1, 0.15) is 70.8 Å². The zero-order valence-corrected chi connectivity index (χ0v) is 20.4. The molecule has 0 aliphatic heterocycles. The molecule has 0 spiro atoms. The van der Waals surface area contributed by atoms with Crippen LogP contribution in [0.2, 0.25) is 0 Å². The second kappa shape index (κ2) is 13.7. The van der Waals surface area contributed by atoms with Crippen molar-refractivity contribution >= 4 is 0 Å². The molecular weight excluding hydrogens is 404 g/mol. The smallest absolute Gasteiger partial charge is 0.257 e. The van der Waals surface area contributed by atoms with Gasteiger partial charge in [0.2, 0.25) is 0 Å². The largest absolute Gasteiger partial charge is 0.452 e. The van der Waals surface area contributed by atoms with E-state index in [0.717, 1.165) is 24.3 Å². The van der Waals surface area contributed by atoms with Gasteiger partial charge in [-0.1, -0.05) is 119 Å². The number of benzene rings is 3. The van der Waals surface area contributed by atoms with Gasteiger partial charge in [-0.15, -0.1) is 0 Å². The highest BCUT2D eigenvalue weighted by Crippen LogP contribution is 2.37. The number of ether oxygens (including phenoxy) is 2. The highest BCUT2D eigenvalue weighted by Gasteiger charge is 2.43. The molecule has 3 aromatic rings. The fourth-order valence-corrected chi connectivity index (χ4v) is 4.57. The lowest BCUT2D eigenvalue weighted by Crippen LogP contribution is -2.51. The second-order valence-electron chi connectivity index (χ2n) is 8.97. The first-order chi connectivity index (χ1) is 16.3. The zero-order valence-electron chi connectivity index (χ0n) is 20.4. The first-order valence-corrected chi connectivity index (χ1v) is 12.8. The van der Waals surface area contributed by atoms with Crippen molar-refractivity contribution in [2.24, 2.45) is 5.92 Å². The third kappa shape index (κ3) is 7.96. The molecule has 33 heavy (non-hydrogen) atoms. The van der Waals surface area contributed by atoms with Crippen molar-refractivity contribution in [3.05, 3.63) is 96.6 Å². The zero-order chi connectivity index (χ0) is 23.2. The summed E-state index contributed by atoms with van der Waals surface area (Å²) >= 11 is 0. The van der Waals surface area contributed by atoms with Crippen LogP contribution in [0.4, 0.5) is 0 Å². The van der Waals surface area contributed by atoms with Crippen molar-refractivity contribution in [1.29, 1.82) is 0 Å². The van der Waals surface area contributed by atoms with E-state index in [9.17, 15) is 0 Å². The van der Waals surface area contributed by atoms with Crippen molar-refractivity contribution in [2.45, 2.75) is 77.4 Å². The molecule has 0 saturated carbocycles. The van der Waals surface area contributed by atoms with Gasteiger partial charge < -0.3 is 9.47 Å². The van der Waals surface area contributed by atoms with Crippen molar-refractivity contribution in [3.8, 4) is 11.5 Å². The summed E-state index contributed by atoms with van der Waals surface area (Å²) in [6, 6.07) is 30.9. The summed E-state index contributed by atoms with van der Waals surface area (Å²) in [6.07, 6.45) is 10.5. The molecule has 0 aromatic heterocycles. The van der Waals surface area contributed by atoms with E-state index in [2.05, 4.69) is 44.2 Å². The standard InChI is InChI=1S/C31H40O2/c1-3-5-6-7-8-14-21-28(4-2)31(26-27-19-12-9-13-20-27,32-29-22-15-10-16-23-29)33-30-24-17-11-18-25-30/h9-13,15-20,22-25,28H,3-8,14,21,26H2,1-2H3. The quantitative estimate of drug-likeness (QED) is 0.172. The summed E-state index contributed by atoms with van der Waals surface area (Å²) in [4.78, 5) is 0. The Hall–Kier alpha value is -2.74. The van der Waals surface area contributed by atoms with Crippen LogP contribution in [-0.2, 0) is 6.42 Å². The molecular formula is C31H40O2. The molecule has 0 radical (unpaired) electrons.